The fourth-order valence-electron chi connectivity index (χ4n) is 1.36. The van der Waals surface area contributed by atoms with E-state index in [2.05, 4.69) is 10.6 Å². The molecule has 4 nitrogen and oxygen atoms in total. The number of halogens is 1. The second-order valence-electron chi connectivity index (χ2n) is 5.30. The van der Waals surface area contributed by atoms with Gasteiger partial charge in [0.25, 0.3) is 0 Å². The fourth-order valence-corrected chi connectivity index (χ4v) is 1.53. The number of benzene rings is 1. The Balaban J connectivity index is 2.59. The van der Waals surface area contributed by atoms with Crippen LogP contribution in [-0.2, 0) is 0 Å². The fraction of sp³-hybridized carbons (Fsp3) is 0.500. The van der Waals surface area contributed by atoms with Gasteiger partial charge in [-0.05, 0) is 37.5 Å². The first kappa shape index (κ1) is 15.8. The Morgan fingerprint density at radius 2 is 2.11 bits per heavy atom. The van der Waals surface area contributed by atoms with Gasteiger partial charge in [0.1, 0.15) is 0 Å². The number of carbonyl (C=O) groups excluding carboxylic acids is 1. The van der Waals surface area contributed by atoms with Crippen LogP contribution in [0.25, 0.3) is 0 Å². The summed E-state index contributed by atoms with van der Waals surface area (Å²) in [6.45, 7) is 7.59. The normalized spacial score (nSPS) is 14.1. The summed E-state index contributed by atoms with van der Waals surface area (Å²) >= 11 is 5.99. The van der Waals surface area contributed by atoms with E-state index in [1.165, 1.54) is 0 Å². The van der Waals surface area contributed by atoms with E-state index >= 15 is 0 Å². The Labute approximate surface area is 119 Å². The van der Waals surface area contributed by atoms with Crippen molar-refractivity contribution >= 4 is 23.3 Å². The SMILES string of the molecule is Cc1ccc(Cl)c(NC(=O)NCC(C)(O)C(C)C)c1. The number of anilines is 1. The summed E-state index contributed by atoms with van der Waals surface area (Å²) in [6, 6.07) is 5.02. The van der Waals surface area contributed by atoms with Gasteiger partial charge in [0, 0.05) is 6.54 Å². The lowest BCUT2D eigenvalue weighted by atomic mass is 9.93. The number of hydrogen-bond donors (Lipinski definition) is 3. The van der Waals surface area contributed by atoms with E-state index in [0.29, 0.717) is 10.7 Å². The molecular weight excluding hydrogens is 264 g/mol. The van der Waals surface area contributed by atoms with Crippen molar-refractivity contribution in [2.45, 2.75) is 33.3 Å². The van der Waals surface area contributed by atoms with Crippen LogP contribution in [0.4, 0.5) is 10.5 Å². The number of hydrogen-bond acceptors (Lipinski definition) is 2. The molecule has 0 saturated heterocycles. The number of rotatable bonds is 4. The first-order valence-corrected chi connectivity index (χ1v) is 6.63. The predicted molar refractivity (Wildman–Crippen MR) is 78.7 cm³/mol. The van der Waals surface area contributed by atoms with Crippen molar-refractivity contribution in [1.82, 2.24) is 5.32 Å². The molecule has 1 aromatic rings. The average Bonchev–Trinajstić information content (AvgIpc) is 2.31. The van der Waals surface area contributed by atoms with Gasteiger partial charge in [-0.25, -0.2) is 4.79 Å². The first-order chi connectivity index (χ1) is 8.72. The number of aryl methyl sites for hydroxylation is 1. The molecule has 0 radical (unpaired) electrons. The zero-order chi connectivity index (χ0) is 14.6. The standard InChI is InChI=1S/C14H21ClN2O2/c1-9(2)14(4,19)8-16-13(18)17-12-7-10(3)5-6-11(12)15/h5-7,9,19H,8H2,1-4H3,(H2,16,17,18). The smallest absolute Gasteiger partial charge is 0.319 e. The van der Waals surface area contributed by atoms with E-state index in [1.54, 1.807) is 19.1 Å². The largest absolute Gasteiger partial charge is 0.388 e. The monoisotopic (exact) mass is 284 g/mol. The number of urea groups is 1. The zero-order valence-corrected chi connectivity index (χ0v) is 12.5. The third-order valence-electron chi connectivity index (χ3n) is 3.22. The topological polar surface area (TPSA) is 61.4 Å². The van der Waals surface area contributed by atoms with Gasteiger partial charge in [-0.2, -0.15) is 0 Å². The Hall–Kier alpha value is -1.26. The van der Waals surface area contributed by atoms with E-state index in [9.17, 15) is 9.90 Å². The summed E-state index contributed by atoms with van der Waals surface area (Å²) in [5.41, 5.74) is 0.630. The number of aliphatic hydroxyl groups is 1. The van der Waals surface area contributed by atoms with Gasteiger partial charge in [0.2, 0.25) is 0 Å². The number of nitrogens with one attached hydrogen (secondary N) is 2. The lowest BCUT2D eigenvalue weighted by Crippen LogP contribution is -2.45. The molecular formula is C14H21ClN2O2. The number of amides is 2. The summed E-state index contributed by atoms with van der Waals surface area (Å²) in [6.07, 6.45) is 0. The van der Waals surface area contributed by atoms with Gasteiger partial charge in [-0.3, -0.25) is 0 Å². The van der Waals surface area contributed by atoms with E-state index < -0.39 is 5.60 Å². The molecule has 0 aliphatic carbocycles. The van der Waals surface area contributed by atoms with Crippen molar-refractivity contribution in [3.8, 4) is 0 Å². The maximum Gasteiger partial charge on any atom is 0.319 e. The molecule has 0 fully saturated rings. The minimum Gasteiger partial charge on any atom is -0.388 e. The van der Waals surface area contributed by atoms with Crippen LogP contribution in [0.2, 0.25) is 5.02 Å². The van der Waals surface area contributed by atoms with Gasteiger partial charge < -0.3 is 15.7 Å². The van der Waals surface area contributed by atoms with E-state index in [1.807, 2.05) is 26.8 Å². The molecule has 5 heteroatoms. The van der Waals surface area contributed by atoms with Crippen LogP contribution < -0.4 is 10.6 Å². The van der Waals surface area contributed by atoms with Crippen LogP contribution in [0.15, 0.2) is 18.2 Å². The predicted octanol–water partition coefficient (Wildman–Crippen LogP) is 3.18. The van der Waals surface area contributed by atoms with Crippen LogP contribution in [0.1, 0.15) is 26.3 Å². The van der Waals surface area contributed by atoms with Crippen molar-refractivity contribution in [1.29, 1.82) is 0 Å². The molecule has 3 N–H and O–H groups in total. The minimum absolute atomic E-state index is 0.0513. The van der Waals surface area contributed by atoms with Crippen molar-refractivity contribution in [3.63, 3.8) is 0 Å². The summed E-state index contributed by atoms with van der Waals surface area (Å²) in [4.78, 5) is 11.8. The van der Waals surface area contributed by atoms with E-state index in [0.717, 1.165) is 5.56 Å². The minimum atomic E-state index is -0.937. The quantitative estimate of drug-likeness (QED) is 0.795. The van der Waals surface area contributed by atoms with Gasteiger partial charge in [0.15, 0.2) is 0 Å². The van der Waals surface area contributed by atoms with Gasteiger partial charge in [-0.1, -0.05) is 31.5 Å². The second-order valence-corrected chi connectivity index (χ2v) is 5.71. The first-order valence-electron chi connectivity index (χ1n) is 6.26. The Morgan fingerprint density at radius 3 is 2.68 bits per heavy atom. The highest BCUT2D eigenvalue weighted by molar-refractivity contribution is 6.33. The molecule has 0 aliphatic heterocycles. The molecule has 1 atom stereocenters. The van der Waals surface area contributed by atoms with E-state index in [-0.39, 0.29) is 18.5 Å². The van der Waals surface area contributed by atoms with Crippen LogP contribution in [-0.4, -0.2) is 23.3 Å². The maximum atomic E-state index is 11.8. The average molecular weight is 285 g/mol. The van der Waals surface area contributed by atoms with E-state index in [4.69, 9.17) is 11.6 Å². The zero-order valence-electron chi connectivity index (χ0n) is 11.7. The van der Waals surface area contributed by atoms with Crippen molar-refractivity contribution in [2.24, 2.45) is 5.92 Å². The van der Waals surface area contributed by atoms with Crippen LogP contribution in [0, 0.1) is 12.8 Å². The van der Waals surface area contributed by atoms with Gasteiger partial charge >= 0.3 is 6.03 Å². The lowest BCUT2D eigenvalue weighted by molar-refractivity contribution is 0.0170. The molecule has 106 valence electrons. The van der Waals surface area contributed by atoms with Gasteiger partial charge in [0.05, 0.1) is 16.3 Å². The molecule has 2 amide bonds. The van der Waals surface area contributed by atoms with Crippen LogP contribution in [0.5, 0.6) is 0 Å². The molecule has 19 heavy (non-hydrogen) atoms. The molecule has 1 rings (SSSR count). The summed E-state index contributed by atoms with van der Waals surface area (Å²) in [5, 5.41) is 15.8. The summed E-state index contributed by atoms with van der Waals surface area (Å²) < 4.78 is 0. The molecule has 1 aromatic carbocycles. The Morgan fingerprint density at radius 1 is 1.47 bits per heavy atom. The Bertz CT molecular complexity index is 459. The highest BCUT2D eigenvalue weighted by Crippen LogP contribution is 2.22. The molecule has 0 spiro atoms. The summed E-state index contributed by atoms with van der Waals surface area (Å²) in [7, 11) is 0. The molecule has 0 bridgehead atoms. The lowest BCUT2D eigenvalue weighted by Gasteiger charge is -2.27. The maximum absolute atomic E-state index is 11.8. The summed E-state index contributed by atoms with van der Waals surface area (Å²) in [5.74, 6) is 0.0513. The van der Waals surface area contributed by atoms with Gasteiger partial charge in [-0.15, -0.1) is 0 Å². The molecule has 1 unspecified atom stereocenters. The third kappa shape index (κ3) is 4.73. The van der Waals surface area contributed by atoms with Crippen LogP contribution >= 0.6 is 11.6 Å². The van der Waals surface area contributed by atoms with Crippen molar-refractivity contribution < 1.29 is 9.90 Å². The second kappa shape index (κ2) is 6.26. The van der Waals surface area contributed by atoms with Crippen molar-refractivity contribution in [2.75, 3.05) is 11.9 Å². The third-order valence-corrected chi connectivity index (χ3v) is 3.55. The number of carbonyl (C=O) groups is 1. The molecule has 0 aliphatic rings. The molecule has 0 aromatic heterocycles. The molecule has 0 heterocycles. The Kier molecular flexibility index (Phi) is 5.20. The van der Waals surface area contributed by atoms with Crippen molar-refractivity contribution in [3.05, 3.63) is 28.8 Å². The highest BCUT2D eigenvalue weighted by atomic mass is 35.5. The van der Waals surface area contributed by atoms with Crippen LogP contribution in [0.3, 0.4) is 0 Å². The molecule has 0 saturated carbocycles. The highest BCUT2D eigenvalue weighted by Gasteiger charge is 2.25.